The molecule has 19 heavy (non-hydrogen) atoms. The van der Waals surface area contributed by atoms with Crippen LogP contribution in [0.4, 0.5) is 4.79 Å². The van der Waals surface area contributed by atoms with Crippen LogP contribution in [-0.2, 0) is 10.0 Å². The third-order valence-corrected chi connectivity index (χ3v) is 4.15. The van der Waals surface area contributed by atoms with E-state index in [-0.39, 0.29) is 5.75 Å². The van der Waals surface area contributed by atoms with Crippen molar-refractivity contribution in [3.05, 3.63) is 0 Å². The Balaban J connectivity index is 3.70. The van der Waals surface area contributed by atoms with Crippen LogP contribution in [0, 0.1) is 0 Å². The van der Waals surface area contributed by atoms with E-state index < -0.39 is 16.1 Å². The summed E-state index contributed by atoms with van der Waals surface area (Å²) in [5.41, 5.74) is 0. The minimum Gasteiger partial charge on any atom is -0.337 e. The highest BCUT2D eigenvalue weighted by Gasteiger charge is 2.13. The zero-order valence-corrected chi connectivity index (χ0v) is 13.0. The second-order valence-electron chi connectivity index (χ2n) is 4.80. The maximum absolute atomic E-state index is 11.6. The van der Waals surface area contributed by atoms with E-state index in [0.717, 1.165) is 32.1 Å². The lowest BCUT2D eigenvalue weighted by molar-refractivity contribution is 0.245. The van der Waals surface area contributed by atoms with E-state index in [1.165, 1.54) is 12.8 Å². The van der Waals surface area contributed by atoms with Crippen LogP contribution in [0.2, 0.25) is 0 Å². The van der Waals surface area contributed by atoms with Gasteiger partial charge >= 0.3 is 6.03 Å². The summed E-state index contributed by atoms with van der Waals surface area (Å²) in [7, 11) is -3.47. The molecular formula is C13H28N2O3S. The van der Waals surface area contributed by atoms with Crippen molar-refractivity contribution in [1.29, 1.82) is 0 Å². The Morgan fingerprint density at radius 2 is 1.47 bits per heavy atom. The Hall–Kier alpha value is -0.780. The SMILES string of the molecule is CCCCCCCCS(=O)(=O)NC(=O)NCCCC. The highest BCUT2D eigenvalue weighted by Crippen LogP contribution is 2.05. The number of urea groups is 1. The Morgan fingerprint density at radius 3 is 2.11 bits per heavy atom. The molecule has 0 fully saturated rings. The van der Waals surface area contributed by atoms with Gasteiger partial charge in [-0.25, -0.2) is 17.9 Å². The minimum absolute atomic E-state index is 0.0281. The Morgan fingerprint density at radius 1 is 0.895 bits per heavy atom. The van der Waals surface area contributed by atoms with Crippen LogP contribution >= 0.6 is 0 Å². The van der Waals surface area contributed by atoms with Crippen molar-refractivity contribution in [2.24, 2.45) is 0 Å². The summed E-state index contributed by atoms with van der Waals surface area (Å²) in [5, 5.41) is 2.53. The number of hydrogen-bond acceptors (Lipinski definition) is 3. The van der Waals surface area contributed by atoms with E-state index >= 15 is 0 Å². The molecule has 0 heterocycles. The van der Waals surface area contributed by atoms with Crippen LogP contribution in [0.1, 0.15) is 65.2 Å². The number of carbonyl (C=O) groups is 1. The normalized spacial score (nSPS) is 11.3. The molecule has 0 saturated carbocycles. The molecule has 0 bridgehead atoms. The first-order valence-electron chi connectivity index (χ1n) is 7.30. The quantitative estimate of drug-likeness (QED) is 0.575. The van der Waals surface area contributed by atoms with Gasteiger partial charge in [-0.3, -0.25) is 0 Å². The number of sulfonamides is 1. The highest BCUT2D eigenvalue weighted by atomic mass is 32.2. The Bertz CT molecular complexity index is 329. The van der Waals surface area contributed by atoms with E-state index in [0.29, 0.717) is 13.0 Å². The lowest BCUT2D eigenvalue weighted by atomic mass is 10.1. The van der Waals surface area contributed by atoms with Crippen molar-refractivity contribution in [1.82, 2.24) is 10.0 Å². The largest absolute Gasteiger partial charge is 0.337 e. The van der Waals surface area contributed by atoms with Crippen LogP contribution in [0.3, 0.4) is 0 Å². The van der Waals surface area contributed by atoms with E-state index in [1.54, 1.807) is 0 Å². The van der Waals surface area contributed by atoms with Gasteiger partial charge in [-0.05, 0) is 12.8 Å². The number of unbranched alkanes of at least 4 members (excludes halogenated alkanes) is 6. The first-order valence-corrected chi connectivity index (χ1v) is 8.95. The van der Waals surface area contributed by atoms with Gasteiger partial charge in [0.25, 0.3) is 0 Å². The lowest BCUT2D eigenvalue weighted by Gasteiger charge is -2.08. The molecule has 5 nitrogen and oxygen atoms in total. The average Bonchev–Trinajstić information content (AvgIpc) is 2.33. The molecule has 2 N–H and O–H groups in total. The fourth-order valence-electron chi connectivity index (χ4n) is 1.68. The van der Waals surface area contributed by atoms with Crippen LogP contribution in [0.25, 0.3) is 0 Å². The maximum atomic E-state index is 11.6. The standard InChI is InChI=1S/C13H28N2O3S/c1-3-5-7-8-9-10-12-19(17,18)15-13(16)14-11-6-4-2/h3-12H2,1-2H3,(H2,14,15,16). The molecule has 0 atom stereocenters. The van der Waals surface area contributed by atoms with Crippen molar-refractivity contribution in [2.75, 3.05) is 12.3 Å². The van der Waals surface area contributed by atoms with Crippen LogP contribution < -0.4 is 10.0 Å². The summed E-state index contributed by atoms with van der Waals surface area (Å²) in [6, 6.07) is -0.612. The molecule has 6 heteroatoms. The first kappa shape index (κ1) is 18.2. The van der Waals surface area contributed by atoms with Gasteiger partial charge in [-0.15, -0.1) is 0 Å². The fourth-order valence-corrected chi connectivity index (χ4v) is 2.72. The summed E-state index contributed by atoms with van der Waals surface area (Å²) in [5.74, 6) is 0.0281. The Labute approximate surface area is 117 Å². The summed E-state index contributed by atoms with van der Waals surface area (Å²) >= 11 is 0. The van der Waals surface area contributed by atoms with Gasteiger partial charge in [0, 0.05) is 6.54 Å². The first-order chi connectivity index (χ1) is 9.02. The van der Waals surface area contributed by atoms with Crippen LogP contribution in [-0.4, -0.2) is 26.7 Å². The zero-order valence-electron chi connectivity index (χ0n) is 12.2. The molecule has 0 radical (unpaired) electrons. The topological polar surface area (TPSA) is 75.3 Å². The van der Waals surface area contributed by atoms with Crippen molar-refractivity contribution < 1.29 is 13.2 Å². The lowest BCUT2D eigenvalue weighted by Crippen LogP contribution is -2.40. The molecule has 0 spiro atoms. The zero-order chi connectivity index (χ0) is 14.6. The van der Waals surface area contributed by atoms with Gasteiger partial charge in [-0.1, -0.05) is 52.4 Å². The van der Waals surface area contributed by atoms with Crippen LogP contribution in [0.15, 0.2) is 0 Å². The summed E-state index contributed by atoms with van der Waals surface area (Å²) in [6.45, 7) is 4.66. The van der Waals surface area contributed by atoms with E-state index in [2.05, 4.69) is 12.2 Å². The highest BCUT2D eigenvalue weighted by molar-refractivity contribution is 7.90. The van der Waals surface area contributed by atoms with E-state index in [1.807, 2.05) is 11.6 Å². The maximum Gasteiger partial charge on any atom is 0.328 e. The molecule has 0 rings (SSSR count). The van der Waals surface area contributed by atoms with Gasteiger partial charge in [0.05, 0.1) is 5.75 Å². The molecule has 0 unspecified atom stereocenters. The number of nitrogens with one attached hydrogen (secondary N) is 2. The van der Waals surface area contributed by atoms with Crippen LogP contribution in [0.5, 0.6) is 0 Å². The second kappa shape index (κ2) is 11.1. The molecule has 0 aromatic heterocycles. The van der Waals surface area contributed by atoms with E-state index in [4.69, 9.17) is 0 Å². The fraction of sp³-hybridized carbons (Fsp3) is 0.923. The predicted molar refractivity (Wildman–Crippen MR) is 78.6 cm³/mol. The molecule has 0 aliphatic rings. The predicted octanol–water partition coefficient (Wildman–Crippen LogP) is 2.78. The number of rotatable bonds is 11. The summed E-state index contributed by atoms with van der Waals surface area (Å²) in [6.07, 6.45) is 7.92. The molecule has 0 aliphatic carbocycles. The third-order valence-electron chi connectivity index (χ3n) is 2.83. The Kier molecular flexibility index (Phi) is 10.6. The van der Waals surface area contributed by atoms with Crippen molar-refractivity contribution in [2.45, 2.75) is 65.2 Å². The third kappa shape index (κ3) is 12.0. The molecule has 114 valence electrons. The molecule has 0 saturated heterocycles. The van der Waals surface area contributed by atoms with E-state index in [9.17, 15) is 13.2 Å². The number of hydrogen-bond donors (Lipinski definition) is 2. The van der Waals surface area contributed by atoms with Crippen molar-refractivity contribution in [3.8, 4) is 0 Å². The van der Waals surface area contributed by atoms with Crippen molar-refractivity contribution >= 4 is 16.1 Å². The number of amides is 2. The minimum atomic E-state index is -3.47. The van der Waals surface area contributed by atoms with Gasteiger partial charge in [0.1, 0.15) is 0 Å². The molecule has 0 aromatic carbocycles. The summed E-state index contributed by atoms with van der Waals surface area (Å²) < 4.78 is 25.2. The van der Waals surface area contributed by atoms with Gasteiger partial charge < -0.3 is 5.32 Å². The summed E-state index contributed by atoms with van der Waals surface area (Å²) in [4.78, 5) is 11.3. The number of carbonyl (C=O) groups excluding carboxylic acids is 1. The smallest absolute Gasteiger partial charge is 0.328 e. The van der Waals surface area contributed by atoms with Gasteiger partial charge in [-0.2, -0.15) is 0 Å². The molecule has 0 aliphatic heterocycles. The van der Waals surface area contributed by atoms with Gasteiger partial charge in [0.2, 0.25) is 10.0 Å². The average molecular weight is 292 g/mol. The second-order valence-corrected chi connectivity index (χ2v) is 6.64. The van der Waals surface area contributed by atoms with Crippen molar-refractivity contribution in [3.63, 3.8) is 0 Å². The molecular weight excluding hydrogens is 264 g/mol. The molecule has 0 aromatic rings. The molecule has 2 amide bonds. The van der Waals surface area contributed by atoms with Gasteiger partial charge in [0.15, 0.2) is 0 Å². The monoisotopic (exact) mass is 292 g/mol.